The Hall–Kier alpha value is -0.540. The van der Waals surface area contributed by atoms with Gasteiger partial charge in [-0.2, -0.15) is 4.89 Å². The lowest BCUT2D eigenvalue weighted by Gasteiger charge is -2.09. The molecular formula is C9H16O3. The Morgan fingerprint density at radius 3 is 2.83 bits per heavy atom. The largest absolute Gasteiger partial charge is 0.396 e. The van der Waals surface area contributed by atoms with Gasteiger partial charge < -0.3 is 9.99 Å². The molecule has 0 bridgehead atoms. The van der Waals surface area contributed by atoms with Crippen LogP contribution in [0.25, 0.3) is 0 Å². The van der Waals surface area contributed by atoms with Crippen LogP contribution in [-0.4, -0.2) is 17.8 Å². The van der Waals surface area contributed by atoms with Gasteiger partial charge in [-0.05, 0) is 24.7 Å². The monoisotopic (exact) mass is 172 g/mol. The van der Waals surface area contributed by atoms with Crippen LogP contribution >= 0.6 is 0 Å². The van der Waals surface area contributed by atoms with E-state index in [0.29, 0.717) is 11.8 Å². The molecule has 0 radical (unpaired) electrons. The number of rotatable bonds is 4. The highest BCUT2D eigenvalue weighted by Crippen LogP contribution is 2.33. The molecule has 3 atom stereocenters. The zero-order chi connectivity index (χ0) is 8.97. The quantitative estimate of drug-likeness (QED) is 0.396. The smallest absolute Gasteiger partial charge is 0.122 e. The summed E-state index contributed by atoms with van der Waals surface area (Å²) < 4.78 is 0. The first-order valence-electron chi connectivity index (χ1n) is 4.31. The van der Waals surface area contributed by atoms with Crippen LogP contribution in [-0.2, 0) is 9.78 Å². The zero-order valence-corrected chi connectivity index (χ0v) is 7.40. The van der Waals surface area contributed by atoms with Crippen molar-refractivity contribution in [2.24, 2.45) is 11.8 Å². The molecule has 1 aliphatic rings. The lowest BCUT2D eigenvalue weighted by molar-refractivity contribution is -0.281. The van der Waals surface area contributed by atoms with Gasteiger partial charge in [0, 0.05) is 6.61 Å². The van der Waals surface area contributed by atoms with Gasteiger partial charge in [0.1, 0.15) is 12.4 Å². The molecule has 1 saturated carbocycles. The summed E-state index contributed by atoms with van der Waals surface area (Å²) in [6, 6.07) is 0. The Labute approximate surface area is 72.9 Å². The number of hydrogen-bond acceptors (Lipinski definition) is 3. The summed E-state index contributed by atoms with van der Waals surface area (Å²) in [5.41, 5.74) is 0. The Balaban J connectivity index is 2.27. The molecule has 70 valence electrons. The lowest BCUT2D eigenvalue weighted by atomic mass is 10.00. The summed E-state index contributed by atoms with van der Waals surface area (Å²) in [7, 11) is 0. The van der Waals surface area contributed by atoms with E-state index in [1.807, 2.05) is 0 Å². The maximum atomic E-state index is 8.96. The van der Waals surface area contributed by atoms with Gasteiger partial charge in [-0.3, -0.25) is 0 Å². The number of hydrogen-bond donors (Lipinski definition) is 1. The van der Waals surface area contributed by atoms with Gasteiger partial charge in [0.05, 0.1) is 0 Å². The van der Waals surface area contributed by atoms with E-state index in [2.05, 4.69) is 18.4 Å². The number of aliphatic hydroxyl groups excluding tert-OH is 1. The number of aliphatic hydroxyl groups is 1. The molecule has 12 heavy (non-hydrogen) atoms. The van der Waals surface area contributed by atoms with Crippen LogP contribution in [0.4, 0.5) is 0 Å². The average Bonchev–Trinajstić information content (AvgIpc) is 2.43. The van der Waals surface area contributed by atoms with Crippen molar-refractivity contribution in [1.82, 2.24) is 0 Å². The Morgan fingerprint density at radius 2 is 2.33 bits per heavy atom. The third-order valence-electron chi connectivity index (χ3n) is 2.50. The van der Waals surface area contributed by atoms with Gasteiger partial charge in [-0.15, -0.1) is 0 Å². The highest BCUT2D eigenvalue weighted by Gasteiger charge is 2.32. The molecule has 3 heteroatoms. The molecule has 1 N–H and O–H groups in total. The SMILES string of the molecule is C=COOC1C[C@@H](CO)[C@H](C)C1. The van der Waals surface area contributed by atoms with Crippen molar-refractivity contribution in [2.45, 2.75) is 25.9 Å². The summed E-state index contributed by atoms with van der Waals surface area (Å²) >= 11 is 0. The predicted molar refractivity (Wildman–Crippen MR) is 45.1 cm³/mol. The van der Waals surface area contributed by atoms with Crippen molar-refractivity contribution in [3.05, 3.63) is 12.8 Å². The minimum atomic E-state index is 0.121. The fourth-order valence-corrected chi connectivity index (χ4v) is 1.72. The summed E-state index contributed by atoms with van der Waals surface area (Å²) in [6.07, 6.45) is 3.23. The maximum Gasteiger partial charge on any atom is 0.122 e. The second-order valence-electron chi connectivity index (χ2n) is 3.37. The topological polar surface area (TPSA) is 38.7 Å². The van der Waals surface area contributed by atoms with E-state index < -0.39 is 0 Å². The molecule has 0 saturated heterocycles. The zero-order valence-electron chi connectivity index (χ0n) is 7.40. The van der Waals surface area contributed by atoms with E-state index in [9.17, 15) is 0 Å². The molecule has 0 amide bonds. The molecule has 0 aromatic rings. The van der Waals surface area contributed by atoms with Crippen molar-refractivity contribution in [3.63, 3.8) is 0 Å². The van der Waals surface area contributed by atoms with E-state index in [1.165, 1.54) is 6.26 Å². The average molecular weight is 172 g/mol. The third-order valence-corrected chi connectivity index (χ3v) is 2.50. The van der Waals surface area contributed by atoms with Crippen molar-refractivity contribution in [1.29, 1.82) is 0 Å². The van der Waals surface area contributed by atoms with Crippen LogP contribution in [0.5, 0.6) is 0 Å². The predicted octanol–water partition coefficient (Wildman–Crippen LogP) is 1.49. The minimum absolute atomic E-state index is 0.121. The molecule has 0 aromatic carbocycles. The van der Waals surface area contributed by atoms with Crippen LogP contribution in [0.3, 0.4) is 0 Å². The van der Waals surface area contributed by atoms with E-state index in [1.54, 1.807) is 0 Å². The fourth-order valence-electron chi connectivity index (χ4n) is 1.72. The van der Waals surface area contributed by atoms with Crippen LogP contribution in [0.15, 0.2) is 12.8 Å². The Morgan fingerprint density at radius 1 is 1.58 bits per heavy atom. The van der Waals surface area contributed by atoms with E-state index in [0.717, 1.165) is 12.8 Å². The normalized spacial score (nSPS) is 35.0. The van der Waals surface area contributed by atoms with E-state index >= 15 is 0 Å². The van der Waals surface area contributed by atoms with Crippen LogP contribution in [0.1, 0.15) is 19.8 Å². The molecule has 1 rings (SSSR count). The Bertz CT molecular complexity index is 147. The van der Waals surface area contributed by atoms with Gasteiger partial charge in [0.2, 0.25) is 0 Å². The first kappa shape index (κ1) is 9.55. The molecule has 1 aliphatic carbocycles. The van der Waals surface area contributed by atoms with Crippen LogP contribution in [0.2, 0.25) is 0 Å². The second kappa shape index (κ2) is 4.48. The summed E-state index contributed by atoms with van der Waals surface area (Å²) in [4.78, 5) is 9.67. The highest BCUT2D eigenvalue weighted by atomic mass is 17.2. The standard InChI is InChI=1S/C9H16O3/c1-3-11-12-9-4-7(2)8(5-9)6-10/h3,7-10H,1,4-6H2,2H3/t7-,8+,9?/m1/s1. The van der Waals surface area contributed by atoms with Crippen molar-refractivity contribution in [3.8, 4) is 0 Å². The van der Waals surface area contributed by atoms with Crippen molar-refractivity contribution >= 4 is 0 Å². The lowest BCUT2D eigenvalue weighted by Crippen LogP contribution is -2.09. The fraction of sp³-hybridized carbons (Fsp3) is 0.778. The van der Waals surface area contributed by atoms with Gasteiger partial charge in [0.15, 0.2) is 0 Å². The van der Waals surface area contributed by atoms with Gasteiger partial charge in [-0.1, -0.05) is 13.5 Å². The van der Waals surface area contributed by atoms with Gasteiger partial charge >= 0.3 is 0 Å². The molecule has 0 aliphatic heterocycles. The van der Waals surface area contributed by atoms with E-state index in [4.69, 9.17) is 9.99 Å². The molecule has 3 nitrogen and oxygen atoms in total. The molecule has 0 spiro atoms. The third kappa shape index (κ3) is 2.22. The molecule has 1 fully saturated rings. The summed E-state index contributed by atoms with van der Waals surface area (Å²) in [5, 5.41) is 8.96. The minimum Gasteiger partial charge on any atom is -0.396 e. The first-order valence-corrected chi connectivity index (χ1v) is 4.31. The molecule has 0 aromatic heterocycles. The van der Waals surface area contributed by atoms with Crippen LogP contribution in [0, 0.1) is 11.8 Å². The van der Waals surface area contributed by atoms with Crippen molar-refractivity contribution < 1.29 is 14.9 Å². The van der Waals surface area contributed by atoms with Crippen LogP contribution < -0.4 is 0 Å². The van der Waals surface area contributed by atoms with Gasteiger partial charge in [-0.25, -0.2) is 0 Å². The molecule has 0 heterocycles. The highest BCUT2D eigenvalue weighted by molar-refractivity contribution is 4.80. The Kier molecular flexibility index (Phi) is 3.56. The summed E-state index contributed by atoms with van der Waals surface area (Å²) in [6.45, 7) is 5.75. The molecular weight excluding hydrogens is 156 g/mol. The maximum absolute atomic E-state index is 8.96. The second-order valence-corrected chi connectivity index (χ2v) is 3.37. The van der Waals surface area contributed by atoms with Crippen molar-refractivity contribution in [2.75, 3.05) is 6.61 Å². The summed E-state index contributed by atoms with van der Waals surface area (Å²) in [5.74, 6) is 0.886. The molecule has 1 unspecified atom stereocenters. The first-order chi connectivity index (χ1) is 5.77. The van der Waals surface area contributed by atoms with E-state index in [-0.39, 0.29) is 12.7 Å². The van der Waals surface area contributed by atoms with Gasteiger partial charge in [0.25, 0.3) is 0 Å².